The second kappa shape index (κ2) is 12.4. The molecule has 0 aliphatic carbocycles. The second-order valence-electron chi connectivity index (χ2n) is 7.83. The van der Waals surface area contributed by atoms with Crippen molar-refractivity contribution in [2.75, 3.05) is 13.2 Å². The average Bonchev–Trinajstić information content (AvgIpc) is 3.08. The molecular weight excluding hydrogens is 423 g/mol. The summed E-state index contributed by atoms with van der Waals surface area (Å²) in [6.45, 7) is 2.72. The van der Waals surface area contributed by atoms with Crippen LogP contribution in [0.3, 0.4) is 0 Å². The monoisotopic (exact) mass is 453 g/mol. The Morgan fingerprint density at radius 1 is 1.12 bits per heavy atom. The van der Waals surface area contributed by atoms with Gasteiger partial charge >= 0.3 is 12.1 Å². The first-order chi connectivity index (χ1) is 15.2. The number of nitrogens with zero attached hydrogens (tertiary/aromatic N) is 1. The number of hydrogen-bond donors (Lipinski definition) is 0. The SMILES string of the molecule is CCOC(=O)CCCCCCN1C(=O)CCC1=CCC(=O)Cc1cccc(C(F)(F)F)c1. The Morgan fingerprint density at radius 3 is 2.59 bits per heavy atom. The molecule has 1 aliphatic rings. The largest absolute Gasteiger partial charge is 0.466 e. The number of allylic oxidation sites excluding steroid dienone is 2. The van der Waals surface area contributed by atoms with Gasteiger partial charge in [0, 0.05) is 37.9 Å². The van der Waals surface area contributed by atoms with E-state index >= 15 is 0 Å². The Bertz CT molecular complexity index is 833. The molecule has 0 aromatic heterocycles. The molecule has 0 radical (unpaired) electrons. The van der Waals surface area contributed by atoms with Gasteiger partial charge < -0.3 is 9.64 Å². The number of carbonyl (C=O) groups is 3. The van der Waals surface area contributed by atoms with Gasteiger partial charge in [-0.05, 0) is 37.8 Å². The summed E-state index contributed by atoms with van der Waals surface area (Å²) in [5.74, 6) is -0.370. The van der Waals surface area contributed by atoms with E-state index < -0.39 is 11.7 Å². The van der Waals surface area contributed by atoms with Crippen molar-refractivity contribution in [2.45, 2.75) is 70.9 Å². The first-order valence-electron chi connectivity index (χ1n) is 11.0. The van der Waals surface area contributed by atoms with Crippen molar-refractivity contribution in [3.63, 3.8) is 0 Å². The van der Waals surface area contributed by atoms with Crippen molar-refractivity contribution < 1.29 is 32.3 Å². The third kappa shape index (κ3) is 8.48. The molecule has 1 heterocycles. The van der Waals surface area contributed by atoms with Gasteiger partial charge in [0.1, 0.15) is 5.78 Å². The molecule has 2 rings (SSSR count). The molecule has 1 saturated heterocycles. The van der Waals surface area contributed by atoms with Crippen LogP contribution in [0, 0.1) is 0 Å². The molecular formula is C24H30F3NO4. The maximum Gasteiger partial charge on any atom is 0.416 e. The van der Waals surface area contributed by atoms with E-state index in [-0.39, 0.29) is 30.5 Å². The summed E-state index contributed by atoms with van der Waals surface area (Å²) >= 11 is 0. The minimum atomic E-state index is -4.44. The van der Waals surface area contributed by atoms with Gasteiger partial charge in [-0.3, -0.25) is 14.4 Å². The lowest BCUT2D eigenvalue weighted by molar-refractivity contribution is -0.143. The molecule has 0 N–H and O–H groups in total. The number of amides is 1. The van der Waals surface area contributed by atoms with Gasteiger partial charge in [-0.15, -0.1) is 0 Å². The van der Waals surface area contributed by atoms with Crippen molar-refractivity contribution in [1.82, 2.24) is 4.90 Å². The van der Waals surface area contributed by atoms with Crippen LogP contribution in [0.4, 0.5) is 13.2 Å². The van der Waals surface area contributed by atoms with Gasteiger partial charge in [-0.2, -0.15) is 13.2 Å². The van der Waals surface area contributed by atoms with E-state index in [2.05, 4.69) is 0 Å². The van der Waals surface area contributed by atoms with Crippen molar-refractivity contribution in [3.05, 3.63) is 47.2 Å². The predicted molar refractivity (Wildman–Crippen MR) is 114 cm³/mol. The quantitative estimate of drug-likeness (QED) is 0.321. The zero-order valence-electron chi connectivity index (χ0n) is 18.4. The fourth-order valence-corrected chi connectivity index (χ4v) is 3.66. The molecule has 0 unspecified atom stereocenters. The van der Waals surface area contributed by atoms with Gasteiger partial charge in [-0.25, -0.2) is 0 Å². The summed E-state index contributed by atoms with van der Waals surface area (Å²) in [4.78, 5) is 37.5. The second-order valence-corrected chi connectivity index (χ2v) is 7.83. The third-order valence-corrected chi connectivity index (χ3v) is 5.28. The van der Waals surface area contributed by atoms with Gasteiger partial charge in [-0.1, -0.05) is 37.1 Å². The molecule has 8 heteroatoms. The molecule has 1 fully saturated rings. The maximum atomic E-state index is 12.8. The molecule has 0 saturated carbocycles. The third-order valence-electron chi connectivity index (χ3n) is 5.28. The van der Waals surface area contributed by atoms with Gasteiger partial charge in [0.25, 0.3) is 0 Å². The number of likely N-dealkylation sites (tertiary alicyclic amines) is 1. The van der Waals surface area contributed by atoms with Crippen molar-refractivity contribution in [3.8, 4) is 0 Å². The van der Waals surface area contributed by atoms with Gasteiger partial charge in [0.2, 0.25) is 5.91 Å². The summed E-state index contributed by atoms with van der Waals surface area (Å²) in [6.07, 6.45) is 1.94. The van der Waals surface area contributed by atoms with Gasteiger partial charge in [0.05, 0.1) is 12.2 Å². The number of alkyl halides is 3. The van der Waals surface area contributed by atoms with Crippen LogP contribution in [0.15, 0.2) is 36.0 Å². The molecule has 0 spiro atoms. The minimum Gasteiger partial charge on any atom is -0.466 e. The highest BCUT2D eigenvalue weighted by molar-refractivity contribution is 5.84. The summed E-state index contributed by atoms with van der Waals surface area (Å²) in [5, 5.41) is 0. The summed E-state index contributed by atoms with van der Waals surface area (Å²) in [5.41, 5.74) is 0.361. The first kappa shape index (κ1) is 25.6. The number of hydrogen-bond acceptors (Lipinski definition) is 4. The zero-order valence-corrected chi connectivity index (χ0v) is 18.4. The number of carbonyl (C=O) groups excluding carboxylic acids is 3. The van der Waals surface area contributed by atoms with E-state index in [1.807, 2.05) is 0 Å². The van der Waals surface area contributed by atoms with Crippen LogP contribution in [-0.4, -0.2) is 35.7 Å². The Kier molecular flexibility index (Phi) is 9.94. The van der Waals surface area contributed by atoms with Crippen LogP contribution in [0.1, 0.15) is 69.4 Å². The highest BCUT2D eigenvalue weighted by atomic mass is 19.4. The molecule has 1 aromatic rings. The molecule has 1 amide bonds. The summed E-state index contributed by atoms with van der Waals surface area (Å²) in [7, 11) is 0. The van der Waals surface area contributed by atoms with Crippen LogP contribution in [0.2, 0.25) is 0 Å². The summed E-state index contributed by atoms with van der Waals surface area (Å²) < 4.78 is 43.4. The molecule has 1 aliphatic heterocycles. The number of ketones is 1. The average molecular weight is 454 g/mol. The standard InChI is InChI=1S/C24H30F3NO4/c1-2-32-23(31)10-5-3-4-6-15-28-20(12-14-22(28)30)11-13-21(29)17-18-8-7-9-19(16-18)24(25,26)27/h7-9,11,16H,2-6,10,12-15,17H2,1H3. The normalized spacial score (nSPS) is 15.4. The molecule has 1 aromatic carbocycles. The molecule has 176 valence electrons. The molecule has 5 nitrogen and oxygen atoms in total. The molecule has 32 heavy (non-hydrogen) atoms. The van der Waals surface area contributed by atoms with Gasteiger partial charge in [0.15, 0.2) is 0 Å². The van der Waals surface area contributed by atoms with Crippen LogP contribution in [0.5, 0.6) is 0 Å². The number of ether oxygens (including phenoxy) is 1. The van der Waals surface area contributed by atoms with Crippen molar-refractivity contribution in [2.24, 2.45) is 0 Å². The lowest BCUT2D eigenvalue weighted by Gasteiger charge is -2.18. The van der Waals surface area contributed by atoms with E-state index in [9.17, 15) is 27.6 Å². The Labute approximate surface area is 186 Å². The summed E-state index contributed by atoms with van der Waals surface area (Å²) in [6, 6.07) is 4.79. The zero-order chi connectivity index (χ0) is 23.6. The van der Waals surface area contributed by atoms with Crippen molar-refractivity contribution in [1.29, 1.82) is 0 Å². The van der Waals surface area contributed by atoms with E-state index in [0.29, 0.717) is 38.0 Å². The molecule has 0 bridgehead atoms. The van der Waals surface area contributed by atoms with E-state index in [4.69, 9.17) is 4.74 Å². The number of unbranched alkanes of at least 4 members (excludes halogenated alkanes) is 3. The number of rotatable bonds is 12. The lowest BCUT2D eigenvalue weighted by atomic mass is 10.0. The maximum absolute atomic E-state index is 12.8. The number of esters is 1. The number of halogens is 3. The fourth-order valence-electron chi connectivity index (χ4n) is 3.66. The minimum absolute atomic E-state index is 0.0214. The topological polar surface area (TPSA) is 63.7 Å². The predicted octanol–water partition coefficient (Wildman–Crippen LogP) is 5.23. The van der Waals surface area contributed by atoms with E-state index in [1.165, 1.54) is 12.1 Å². The fraction of sp³-hybridized carbons (Fsp3) is 0.542. The number of benzene rings is 1. The van der Waals surface area contributed by atoms with E-state index in [0.717, 1.165) is 43.5 Å². The first-order valence-corrected chi connectivity index (χ1v) is 11.0. The molecule has 0 atom stereocenters. The van der Waals surface area contributed by atoms with Crippen LogP contribution in [-0.2, 0) is 31.7 Å². The smallest absolute Gasteiger partial charge is 0.416 e. The highest BCUT2D eigenvalue weighted by Crippen LogP contribution is 2.30. The lowest BCUT2D eigenvalue weighted by Crippen LogP contribution is -2.24. The van der Waals surface area contributed by atoms with Crippen molar-refractivity contribution >= 4 is 17.7 Å². The van der Waals surface area contributed by atoms with Crippen LogP contribution >= 0.6 is 0 Å². The Morgan fingerprint density at radius 2 is 1.88 bits per heavy atom. The van der Waals surface area contributed by atoms with Crippen LogP contribution < -0.4 is 0 Å². The van der Waals surface area contributed by atoms with E-state index in [1.54, 1.807) is 17.9 Å². The highest BCUT2D eigenvalue weighted by Gasteiger charge is 2.30. The Hall–Kier alpha value is -2.64. The Balaban J connectivity index is 1.79. The number of Topliss-reactive ketones (excluding diaryl/α,β-unsaturated/α-hetero) is 1. The van der Waals surface area contributed by atoms with Crippen LogP contribution in [0.25, 0.3) is 0 Å².